The van der Waals surface area contributed by atoms with E-state index in [1.165, 1.54) is 5.52 Å². The summed E-state index contributed by atoms with van der Waals surface area (Å²) in [6.45, 7) is 5.48. The smallest absolute Gasteiger partial charge is 0.191 e. The Bertz CT molecular complexity index is 952. The number of nitrogens with zero attached hydrogens (tertiary/aromatic N) is 6. The van der Waals surface area contributed by atoms with E-state index in [1.54, 1.807) is 7.05 Å². The van der Waals surface area contributed by atoms with Crippen molar-refractivity contribution in [2.75, 3.05) is 13.6 Å². The number of fused-ring (bicyclic) bond motifs is 2. The lowest BCUT2D eigenvalue weighted by Gasteiger charge is -2.12. The van der Waals surface area contributed by atoms with E-state index in [4.69, 9.17) is 0 Å². The number of hydrogen-bond donors (Lipinski definition) is 2. The van der Waals surface area contributed by atoms with Crippen LogP contribution in [0.15, 0.2) is 29.3 Å². The molecule has 27 heavy (non-hydrogen) atoms. The van der Waals surface area contributed by atoms with Crippen LogP contribution in [0.2, 0.25) is 0 Å². The van der Waals surface area contributed by atoms with Crippen LogP contribution in [0, 0.1) is 6.92 Å². The van der Waals surface area contributed by atoms with Gasteiger partial charge in [0.2, 0.25) is 0 Å². The quantitative estimate of drug-likeness (QED) is 0.394. The third kappa shape index (κ3) is 3.65. The first kappa shape index (κ1) is 17.5. The highest BCUT2D eigenvalue weighted by Crippen LogP contribution is 2.16. The van der Waals surface area contributed by atoms with Crippen molar-refractivity contribution in [2.24, 2.45) is 4.99 Å². The number of hydrogen-bond acceptors (Lipinski definition) is 4. The minimum absolute atomic E-state index is 0.637. The molecule has 0 amide bonds. The van der Waals surface area contributed by atoms with Gasteiger partial charge < -0.3 is 19.8 Å². The second kappa shape index (κ2) is 7.77. The van der Waals surface area contributed by atoms with Crippen molar-refractivity contribution in [3.05, 3.63) is 41.7 Å². The van der Waals surface area contributed by atoms with E-state index in [-0.39, 0.29) is 0 Å². The fraction of sp³-hybridized carbons (Fsp3) is 0.474. The summed E-state index contributed by atoms with van der Waals surface area (Å²) in [5.74, 6) is 3.92. The molecule has 0 saturated carbocycles. The maximum absolute atomic E-state index is 4.62. The van der Waals surface area contributed by atoms with Crippen LogP contribution in [-0.2, 0) is 26.1 Å². The first-order chi connectivity index (χ1) is 13.3. The first-order valence-corrected chi connectivity index (χ1v) is 9.53. The number of benzene rings is 1. The van der Waals surface area contributed by atoms with Gasteiger partial charge in [-0.1, -0.05) is 12.1 Å². The van der Waals surface area contributed by atoms with Crippen molar-refractivity contribution in [3.63, 3.8) is 0 Å². The number of aliphatic imine (C=N–C) groups is 1. The van der Waals surface area contributed by atoms with E-state index < -0.39 is 0 Å². The molecule has 3 heterocycles. The molecule has 3 aromatic rings. The van der Waals surface area contributed by atoms with Crippen LogP contribution in [0.25, 0.3) is 11.0 Å². The van der Waals surface area contributed by atoms with Gasteiger partial charge in [-0.05, 0) is 31.9 Å². The van der Waals surface area contributed by atoms with Gasteiger partial charge in [0.15, 0.2) is 11.8 Å². The molecule has 1 aliphatic rings. The molecule has 0 spiro atoms. The highest BCUT2D eigenvalue weighted by atomic mass is 15.3. The topological polar surface area (TPSA) is 84.9 Å². The molecule has 0 atom stereocenters. The predicted octanol–water partition coefficient (Wildman–Crippen LogP) is 1.64. The number of imidazole rings is 1. The van der Waals surface area contributed by atoms with Gasteiger partial charge in [-0.2, -0.15) is 0 Å². The number of nitrogens with one attached hydrogen (secondary N) is 2. The summed E-state index contributed by atoms with van der Waals surface area (Å²) in [6.07, 6.45) is 3.18. The van der Waals surface area contributed by atoms with Crippen molar-refractivity contribution >= 4 is 17.0 Å². The summed E-state index contributed by atoms with van der Waals surface area (Å²) in [6, 6.07) is 8.27. The standard InChI is InChI=1S/C19H26N8/c1-14-23-15-7-3-4-8-16(15)26(14)12-6-10-21-19(20-2)22-13-18-25-24-17-9-5-11-27(17)18/h3-4,7-8H,5-6,9-13H2,1-2H3,(H2,20,21,22). The fourth-order valence-electron chi connectivity index (χ4n) is 3.65. The Balaban J connectivity index is 1.27. The normalized spacial score (nSPS) is 13.9. The predicted molar refractivity (Wildman–Crippen MR) is 106 cm³/mol. The average molecular weight is 366 g/mol. The molecule has 142 valence electrons. The van der Waals surface area contributed by atoms with Gasteiger partial charge in [-0.25, -0.2) is 4.98 Å². The van der Waals surface area contributed by atoms with Crippen molar-refractivity contribution in [1.82, 2.24) is 34.9 Å². The summed E-state index contributed by atoms with van der Waals surface area (Å²) in [5.41, 5.74) is 2.25. The maximum Gasteiger partial charge on any atom is 0.191 e. The van der Waals surface area contributed by atoms with Crippen molar-refractivity contribution < 1.29 is 0 Å². The number of rotatable bonds is 6. The molecular formula is C19H26N8. The summed E-state index contributed by atoms with van der Waals surface area (Å²) in [7, 11) is 1.79. The third-order valence-electron chi connectivity index (χ3n) is 5.02. The van der Waals surface area contributed by atoms with Crippen LogP contribution in [0.3, 0.4) is 0 Å². The molecule has 8 heteroatoms. The molecule has 0 unspecified atom stereocenters. The molecule has 0 bridgehead atoms. The van der Waals surface area contributed by atoms with E-state index >= 15 is 0 Å². The van der Waals surface area contributed by atoms with E-state index in [2.05, 4.69) is 65.1 Å². The Hall–Kier alpha value is -2.90. The summed E-state index contributed by atoms with van der Waals surface area (Å²) in [5, 5.41) is 15.2. The van der Waals surface area contributed by atoms with Gasteiger partial charge in [0.05, 0.1) is 17.6 Å². The average Bonchev–Trinajstić information content (AvgIpc) is 3.36. The zero-order valence-electron chi connectivity index (χ0n) is 15.9. The highest BCUT2D eigenvalue weighted by molar-refractivity contribution is 5.79. The minimum Gasteiger partial charge on any atom is -0.356 e. The Morgan fingerprint density at radius 2 is 2.11 bits per heavy atom. The number of aryl methyl sites for hydroxylation is 3. The number of aromatic nitrogens is 5. The van der Waals surface area contributed by atoms with Gasteiger partial charge in [0, 0.05) is 33.1 Å². The molecule has 8 nitrogen and oxygen atoms in total. The van der Waals surface area contributed by atoms with Gasteiger partial charge in [0.25, 0.3) is 0 Å². The van der Waals surface area contributed by atoms with Crippen LogP contribution >= 0.6 is 0 Å². The Morgan fingerprint density at radius 1 is 1.22 bits per heavy atom. The van der Waals surface area contributed by atoms with Crippen LogP contribution in [-0.4, -0.2) is 43.9 Å². The largest absolute Gasteiger partial charge is 0.356 e. The zero-order valence-corrected chi connectivity index (χ0v) is 15.9. The van der Waals surface area contributed by atoms with Crippen LogP contribution in [0.5, 0.6) is 0 Å². The molecular weight excluding hydrogens is 340 g/mol. The third-order valence-corrected chi connectivity index (χ3v) is 5.02. The van der Waals surface area contributed by atoms with E-state index in [0.717, 1.165) is 67.8 Å². The molecule has 0 radical (unpaired) electrons. The summed E-state index contributed by atoms with van der Waals surface area (Å²) >= 11 is 0. The van der Waals surface area contributed by atoms with Crippen LogP contribution in [0.4, 0.5) is 0 Å². The van der Waals surface area contributed by atoms with Crippen molar-refractivity contribution in [2.45, 2.75) is 45.8 Å². The van der Waals surface area contributed by atoms with E-state index in [0.29, 0.717) is 6.54 Å². The molecule has 0 fully saturated rings. The Labute approximate surface area is 158 Å². The van der Waals surface area contributed by atoms with Gasteiger partial charge in [-0.3, -0.25) is 4.99 Å². The SMILES string of the molecule is CN=C(NCCCn1c(C)nc2ccccc21)NCc1nnc2n1CCC2. The number of para-hydroxylation sites is 2. The second-order valence-corrected chi connectivity index (χ2v) is 6.79. The Morgan fingerprint density at radius 3 is 3.00 bits per heavy atom. The maximum atomic E-state index is 4.62. The molecule has 2 aromatic heterocycles. The van der Waals surface area contributed by atoms with E-state index in [1.807, 2.05) is 6.07 Å². The van der Waals surface area contributed by atoms with Crippen LogP contribution < -0.4 is 10.6 Å². The van der Waals surface area contributed by atoms with Gasteiger partial charge in [0.1, 0.15) is 11.6 Å². The lowest BCUT2D eigenvalue weighted by molar-refractivity contribution is 0.619. The van der Waals surface area contributed by atoms with Crippen LogP contribution in [0.1, 0.15) is 30.3 Å². The second-order valence-electron chi connectivity index (χ2n) is 6.79. The minimum atomic E-state index is 0.637. The summed E-state index contributed by atoms with van der Waals surface area (Å²) in [4.78, 5) is 8.92. The molecule has 4 rings (SSSR count). The monoisotopic (exact) mass is 366 g/mol. The lowest BCUT2D eigenvalue weighted by atomic mass is 10.3. The van der Waals surface area contributed by atoms with Gasteiger partial charge >= 0.3 is 0 Å². The molecule has 1 aromatic carbocycles. The Kier molecular flexibility index (Phi) is 5.04. The van der Waals surface area contributed by atoms with E-state index in [9.17, 15) is 0 Å². The zero-order chi connectivity index (χ0) is 18.6. The molecule has 0 aliphatic carbocycles. The summed E-state index contributed by atoms with van der Waals surface area (Å²) < 4.78 is 4.47. The molecule has 2 N–H and O–H groups in total. The number of guanidine groups is 1. The fourth-order valence-corrected chi connectivity index (χ4v) is 3.65. The van der Waals surface area contributed by atoms with Gasteiger partial charge in [-0.15, -0.1) is 10.2 Å². The van der Waals surface area contributed by atoms with Crippen molar-refractivity contribution in [1.29, 1.82) is 0 Å². The molecule has 1 aliphatic heterocycles. The lowest BCUT2D eigenvalue weighted by Crippen LogP contribution is -2.38. The molecule has 0 saturated heterocycles. The van der Waals surface area contributed by atoms with Crippen molar-refractivity contribution in [3.8, 4) is 0 Å². The first-order valence-electron chi connectivity index (χ1n) is 9.53. The highest BCUT2D eigenvalue weighted by Gasteiger charge is 2.17.